The van der Waals surface area contributed by atoms with Crippen molar-refractivity contribution in [1.82, 2.24) is 19.4 Å². The summed E-state index contributed by atoms with van der Waals surface area (Å²) in [6.07, 6.45) is 7.42. The lowest BCUT2D eigenvalue weighted by atomic mass is 9.82. The number of fused-ring (bicyclic) bond motifs is 1. The zero-order valence-electron chi connectivity index (χ0n) is 22.7. The van der Waals surface area contributed by atoms with Gasteiger partial charge in [-0.25, -0.2) is 8.91 Å². The van der Waals surface area contributed by atoms with Crippen LogP contribution in [-0.4, -0.2) is 77.7 Å². The number of carbonyl (C=O) groups excluding carboxylic acids is 1. The Labute approximate surface area is 224 Å². The highest BCUT2D eigenvalue weighted by Gasteiger charge is 2.39. The van der Waals surface area contributed by atoms with Gasteiger partial charge in [0.1, 0.15) is 5.82 Å². The summed E-state index contributed by atoms with van der Waals surface area (Å²) in [6, 6.07) is 10.2. The van der Waals surface area contributed by atoms with Crippen LogP contribution in [0.1, 0.15) is 45.1 Å². The molecule has 0 radical (unpaired) electrons. The van der Waals surface area contributed by atoms with E-state index >= 15 is 4.39 Å². The highest BCUT2D eigenvalue weighted by atomic mass is 19.1. The van der Waals surface area contributed by atoms with Crippen molar-refractivity contribution in [3.8, 4) is 11.1 Å². The summed E-state index contributed by atoms with van der Waals surface area (Å²) < 4.78 is 23.5. The van der Waals surface area contributed by atoms with Gasteiger partial charge in [0.15, 0.2) is 0 Å². The second kappa shape index (κ2) is 9.97. The molecule has 38 heavy (non-hydrogen) atoms. The van der Waals surface area contributed by atoms with Crippen LogP contribution in [-0.2, 0) is 15.1 Å². The Bertz CT molecular complexity index is 1320. The van der Waals surface area contributed by atoms with Gasteiger partial charge in [-0.1, -0.05) is 12.1 Å². The number of anilines is 1. The van der Waals surface area contributed by atoms with Crippen LogP contribution in [0.15, 0.2) is 42.7 Å². The number of ether oxygens (including phenoxy) is 1. The first-order valence-electron chi connectivity index (χ1n) is 14.0. The molecule has 2 aromatic heterocycles. The van der Waals surface area contributed by atoms with E-state index in [1.54, 1.807) is 13.2 Å². The molecule has 0 bridgehead atoms. The monoisotopic (exact) mass is 519 g/mol. The smallest absolute Gasteiger partial charge is 0.225 e. The van der Waals surface area contributed by atoms with Crippen LogP contribution >= 0.6 is 0 Å². The van der Waals surface area contributed by atoms with E-state index < -0.39 is 5.60 Å². The van der Waals surface area contributed by atoms with Gasteiger partial charge in [-0.05, 0) is 63.3 Å². The average Bonchev–Trinajstić information content (AvgIpc) is 3.70. The maximum atomic E-state index is 15.6. The maximum Gasteiger partial charge on any atom is 0.225 e. The van der Waals surface area contributed by atoms with Crippen molar-refractivity contribution in [2.75, 3.05) is 51.3 Å². The second-order valence-electron chi connectivity index (χ2n) is 11.4. The zero-order valence-corrected chi connectivity index (χ0v) is 22.7. The molecule has 0 unspecified atom stereocenters. The summed E-state index contributed by atoms with van der Waals surface area (Å²) in [5.41, 5.74) is 3.90. The maximum absolute atomic E-state index is 15.6. The van der Waals surface area contributed by atoms with Crippen LogP contribution in [0, 0.1) is 11.7 Å². The third-order valence-corrected chi connectivity index (χ3v) is 8.86. The van der Waals surface area contributed by atoms with E-state index in [9.17, 15) is 4.79 Å². The number of likely N-dealkylation sites (tertiary alicyclic amines) is 1. The first-order valence-corrected chi connectivity index (χ1v) is 14.0. The minimum absolute atomic E-state index is 0.220. The molecule has 3 fully saturated rings. The summed E-state index contributed by atoms with van der Waals surface area (Å²) in [7, 11) is 1.70. The van der Waals surface area contributed by atoms with Gasteiger partial charge in [0.2, 0.25) is 5.91 Å². The van der Waals surface area contributed by atoms with Gasteiger partial charge in [-0.15, -0.1) is 0 Å². The number of halogens is 1. The Morgan fingerprint density at radius 2 is 1.76 bits per heavy atom. The molecule has 6 rings (SSSR count). The number of hydrogen-bond acceptors (Lipinski definition) is 5. The van der Waals surface area contributed by atoms with E-state index in [-0.39, 0.29) is 11.7 Å². The van der Waals surface area contributed by atoms with E-state index in [1.165, 1.54) is 0 Å². The predicted octanol–water partition coefficient (Wildman–Crippen LogP) is 4.54. The van der Waals surface area contributed by atoms with E-state index in [0.717, 1.165) is 87.3 Å². The number of carbonyl (C=O) groups is 1. The number of rotatable bonds is 6. The summed E-state index contributed by atoms with van der Waals surface area (Å²) >= 11 is 0. The molecule has 4 heterocycles. The number of benzene rings is 1. The molecule has 8 heteroatoms. The van der Waals surface area contributed by atoms with Crippen LogP contribution in [0.3, 0.4) is 0 Å². The van der Waals surface area contributed by atoms with Gasteiger partial charge >= 0.3 is 0 Å². The predicted molar refractivity (Wildman–Crippen MR) is 147 cm³/mol. The second-order valence-corrected chi connectivity index (χ2v) is 11.4. The van der Waals surface area contributed by atoms with Crippen LogP contribution in [0.4, 0.5) is 10.1 Å². The van der Waals surface area contributed by atoms with Crippen LogP contribution in [0.5, 0.6) is 0 Å². The first kappa shape index (κ1) is 25.3. The molecule has 1 amide bonds. The highest BCUT2D eigenvalue weighted by Crippen LogP contribution is 2.40. The van der Waals surface area contributed by atoms with Crippen molar-refractivity contribution in [3.05, 3.63) is 54.1 Å². The number of hydrogen-bond donors (Lipinski definition) is 0. The third-order valence-electron chi connectivity index (χ3n) is 8.86. The summed E-state index contributed by atoms with van der Waals surface area (Å²) in [6.45, 7) is 9.30. The molecule has 1 aliphatic carbocycles. The normalized spacial score (nSPS) is 20.4. The Balaban J connectivity index is 1.23. The first-order chi connectivity index (χ1) is 18.4. The Hall–Kier alpha value is -2.97. The molecule has 1 saturated carbocycles. The Morgan fingerprint density at radius 3 is 2.39 bits per heavy atom. The number of piperidine rings is 1. The molecular formula is C30H38FN5O2. The van der Waals surface area contributed by atoms with E-state index in [1.807, 2.05) is 40.0 Å². The van der Waals surface area contributed by atoms with Gasteiger partial charge < -0.3 is 19.4 Å². The minimum Gasteiger partial charge on any atom is -0.373 e. The number of amides is 1. The number of piperazine rings is 1. The standard InChI is InChI=1S/C30H38FN5O2/c1-21(2)33-12-9-30(38-3,10-13-33)25-7-6-23(18-26(25)31)24-19-28-27(8-11-32-36(28)20-24)34-14-16-35(17-15-34)29(37)22-4-5-22/h6-8,11,18-22H,4-5,9-10,12-17H2,1-3H3. The number of aromatic nitrogens is 2. The van der Waals surface area contributed by atoms with Crippen molar-refractivity contribution >= 4 is 17.1 Å². The summed E-state index contributed by atoms with van der Waals surface area (Å²) in [4.78, 5) is 19.2. The lowest BCUT2D eigenvalue weighted by molar-refractivity contribution is -0.132. The molecule has 0 atom stereocenters. The van der Waals surface area contributed by atoms with Gasteiger partial charge in [0, 0.05) is 81.9 Å². The molecule has 0 N–H and O–H groups in total. The summed E-state index contributed by atoms with van der Waals surface area (Å²) in [5, 5.41) is 4.52. The quantitative estimate of drug-likeness (QED) is 0.479. The van der Waals surface area contributed by atoms with Crippen LogP contribution in [0.25, 0.3) is 16.6 Å². The van der Waals surface area contributed by atoms with Gasteiger partial charge in [-0.3, -0.25) is 4.79 Å². The van der Waals surface area contributed by atoms with Gasteiger partial charge in [0.05, 0.1) is 16.8 Å². The molecule has 0 spiro atoms. The lowest BCUT2D eigenvalue weighted by Gasteiger charge is -2.42. The molecule has 3 aliphatic rings. The molecule has 2 aliphatic heterocycles. The fourth-order valence-corrected chi connectivity index (χ4v) is 6.23. The third kappa shape index (κ3) is 4.58. The molecule has 202 valence electrons. The van der Waals surface area contributed by atoms with Crippen molar-refractivity contribution in [3.63, 3.8) is 0 Å². The van der Waals surface area contributed by atoms with Crippen molar-refractivity contribution < 1.29 is 13.9 Å². The highest BCUT2D eigenvalue weighted by molar-refractivity contribution is 5.82. The van der Waals surface area contributed by atoms with E-state index in [2.05, 4.69) is 34.8 Å². The largest absolute Gasteiger partial charge is 0.373 e. The Kier molecular flexibility index (Phi) is 6.64. The van der Waals surface area contributed by atoms with Crippen molar-refractivity contribution in [1.29, 1.82) is 0 Å². The van der Waals surface area contributed by atoms with Crippen LogP contribution < -0.4 is 4.90 Å². The van der Waals surface area contributed by atoms with Gasteiger partial charge in [-0.2, -0.15) is 5.10 Å². The van der Waals surface area contributed by atoms with Gasteiger partial charge in [0.25, 0.3) is 0 Å². The molecule has 7 nitrogen and oxygen atoms in total. The number of methoxy groups -OCH3 is 1. The topological polar surface area (TPSA) is 53.3 Å². The van der Waals surface area contributed by atoms with E-state index in [4.69, 9.17) is 4.74 Å². The van der Waals surface area contributed by atoms with Crippen molar-refractivity contribution in [2.24, 2.45) is 5.92 Å². The summed E-state index contributed by atoms with van der Waals surface area (Å²) in [5.74, 6) is 0.365. The van der Waals surface area contributed by atoms with E-state index in [0.29, 0.717) is 17.5 Å². The fourth-order valence-electron chi connectivity index (χ4n) is 6.23. The molecule has 2 saturated heterocycles. The fraction of sp³-hybridized carbons (Fsp3) is 0.533. The average molecular weight is 520 g/mol. The minimum atomic E-state index is -0.586. The Morgan fingerprint density at radius 1 is 1.03 bits per heavy atom. The SMILES string of the molecule is COC1(c2ccc(-c3cc4c(N5CCN(C(=O)C6CC6)CC5)ccnn4c3)cc2F)CCN(C(C)C)CC1. The number of nitrogens with zero attached hydrogens (tertiary/aromatic N) is 5. The lowest BCUT2D eigenvalue weighted by Crippen LogP contribution is -2.49. The molecule has 1 aromatic carbocycles. The zero-order chi connectivity index (χ0) is 26.4. The van der Waals surface area contributed by atoms with Crippen LogP contribution in [0.2, 0.25) is 0 Å². The molecular weight excluding hydrogens is 481 g/mol. The van der Waals surface area contributed by atoms with Crippen molar-refractivity contribution in [2.45, 2.75) is 51.2 Å². The molecule has 3 aromatic rings.